The minimum absolute atomic E-state index is 0.130. The third-order valence-electron chi connectivity index (χ3n) is 2.12. The lowest BCUT2D eigenvalue weighted by molar-refractivity contribution is -0.136. The van der Waals surface area contributed by atoms with Crippen LogP contribution in [0.3, 0.4) is 0 Å². The van der Waals surface area contributed by atoms with E-state index >= 15 is 0 Å². The van der Waals surface area contributed by atoms with E-state index in [4.69, 9.17) is 10.00 Å². The molecule has 0 aliphatic heterocycles. The predicted molar refractivity (Wildman–Crippen MR) is 57.3 cm³/mol. The fraction of sp³-hybridized carbons (Fsp3) is 0.333. The Morgan fingerprint density at radius 1 is 1.39 bits per heavy atom. The molecule has 96 valence electrons. The summed E-state index contributed by atoms with van der Waals surface area (Å²) in [5, 5.41) is 8.80. The highest BCUT2D eigenvalue weighted by molar-refractivity contribution is 5.76. The molecule has 0 amide bonds. The molecular weight excluding hydrogens is 247 g/mol. The van der Waals surface area contributed by atoms with Crippen molar-refractivity contribution in [3.05, 3.63) is 29.3 Å². The molecule has 1 aromatic carbocycles. The molecule has 0 unspecified atom stereocenters. The van der Waals surface area contributed by atoms with Crippen LogP contribution in [0.2, 0.25) is 0 Å². The standard InChI is InChI=1S/C12H10F3NO2/c13-12(14,15)4-1-5-18-11-3-2-9(8-17)6-10(11)7-16/h2-3,6,8H,1,4-5H2. The SMILES string of the molecule is N#Cc1cc(C=O)ccc1OCCCC(F)(F)F. The van der Waals surface area contributed by atoms with Crippen molar-refractivity contribution in [2.75, 3.05) is 6.61 Å². The van der Waals surface area contributed by atoms with Crippen molar-refractivity contribution >= 4 is 6.29 Å². The van der Waals surface area contributed by atoms with Crippen molar-refractivity contribution in [3.63, 3.8) is 0 Å². The molecule has 0 aliphatic rings. The number of aldehydes is 1. The predicted octanol–water partition coefficient (Wildman–Crippen LogP) is 3.09. The number of halogens is 3. The summed E-state index contributed by atoms with van der Waals surface area (Å²) < 4.78 is 40.7. The second-order valence-electron chi connectivity index (χ2n) is 3.55. The van der Waals surface area contributed by atoms with Crippen LogP contribution in [0.5, 0.6) is 5.75 Å². The minimum atomic E-state index is -4.21. The number of hydrogen-bond acceptors (Lipinski definition) is 3. The number of nitrogens with zero attached hydrogens (tertiary/aromatic N) is 1. The number of benzene rings is 1. The Labute approximate surface area is 102 Å². The highest BCUT2D eigenvalue weighted by Gasteiger charge is 2.26. The highest BCUT2D eigenvalue weighted by Crippen LogP contribution is 2.23. The molecule has 18 heavy (non-hydrogen) atoms. The van der Waals surface area contributed by atoms with E-state index in [1.54, 1.807) is 0 Å². The van der Waals surface area contributed by atoms with Gasteiger partial charge in [-0.1, -0.05) is 0 Å². The molecule has 0 radical (unpaired) electrons. The normalized spacial score (nSPS) is 10.8. The summed E-state index contributed by atoms with van der Waals surface area (Å²) in [5.41, 5.74) is 0.445. The van der Waals surface area contributed by atoms with Crippen LogP contribution in [-0.2, 0) is 0 Å². The fourth-order valence-electron chi connectivity index (χ4n) is 1.29. The highest BCUT2D eigenvalue weighted by atomic mass is 19.4. The molecule has 1 aromatic rings. The van der Waals surface area contributed by atoms with Crippen LogP contribution in [0.4, 0.5) is 13.2 Å². The van der Waals surface area contributed by atoms with Crippen LogP contribution in [-0.4, -0.2) is 19.1 Å². The van der Waals surface area contributed by atoms with Gasteiger partial charge in [0.1, 0.15) is 18.1 Å². The number of nitriles is 1. The van der Waals surface area contributed by atoms with E-state index in [1.165, 1.54) is 18.2 Å². The summed E-state index contributed by atoms with van der Waals surface area (Å²) in [7, 11) is 0. The molecule has 0 atom stereocenters. The van der Waals surface area contributed by atoms with Crippen molar-refractivity contribution in [1.82, 2.24) is 0 Å². The second kappa shape index (κ2) is 6.05. The smallest absolute Gasteiger partial charge is 0.389 e. The largest absolute Gasteiger partial charge is 0.492 e. The lowest BCUT2D eigenvalue weighted by atomic mass is 10.1. The summed E-state index contributed by atoms with van der Waals surface area (Å²) in [6.07, 6.45) is -4.73. The molecule has 3 nitrogen and oxygen atoms in total. The number of ether oxygens (including phenoxy) is 1. The Balaban J connectivity index is 2.58. The van der Waals surface area contributed by atoms with Gasteiger partial charge in [0.25, 0.3) is 0 Å². The Bertz CT molecular complexity index is 463. The first-order valence-corrected chi connectivity index (χ1v) is 5.15. The maximum atomic E-state index is 11.9. The van der Waals surface area contributed by atoms with Crippen molar-refractivity contribution < 1.29 is 22.7 Å². The van der Waals surface area contributed by atoms with Crippen LogP contribution in [0, 0.1) is 11.3 Å². The van der Waals surface area contributed by atoms with Crippen molar-refractivity contribution in [1.29, 1.82) is 5.26 Å². The molecule has 6 heteroatoms. The van der Waals surface area contributed by atoms with Crippen molar-refractivity contribution in [3.8, 4) is 11.8 Å². The van der Waals surface area contributed by atoms with Gasteiger partial charge in [-0.15, -0.1) is 0 Å². The second-order valence-corrected chi connectivity index (χ2v) is 3.55. The van der Waals surface area contributed by atoms with Gasteiger partial charge in [-0.2, -0.15) is 18.4 Å². The number of carbonyl (C=O) groups is 1. The first kappa shape index (κ1) is 14.0. The maximum Gasteiger partial charge on any atom is 0.389 e. The third-order valence-corrected chi connectivity index (χ3v) is 2.12. The maximum absolute atomic E-state index is 11.9. The van der Waals surface area contributed by atoms with Gasteiger partial charge >= 0.3 is 6.18 Å². The monoisotopic (exact) mass is 257 g/mol. The average Bonchev–Trinajstić information content (AvgIpc) is 2.33. The van der Waals surface area contributed by atoms with E-state index in [1.807, 2.05) is 6.07 Å². The van der Waals surface area contributed by atoms with Gasteiger partial charge in [0, 0.05) is 12.0 Å². The van der Waals surface area contributed by atoms with Gasteiger partial charge < -0.3 is 4.74 Å². The molecule has 0 aliphatic carbocycles. The lowest BCUT2D eigenvalue weighted by Crippen LogP contribution is -2.10. The molecule has 0 N–H and O–H groups in total. The van der Waals surface area contributed by atoms with Crippen LogP contribution in [0.15, 0.2) is 18.2 Å². The van der Waals surface area contributed by atoms with Gasteiger partial charge in [-0.3, -0.25) is 4.79 Å². The molecule has 0 aromatic heterocycles. The van der Waals surface area contributed by atoms with Crippen molar-refractivity contribution in [2.24, 2.45) is 0 Å². The number of rotatable bonds is 5. The van der Waals surface area contributed by atoms with Crippen LogP contribution >= 0.6 is 0 Å². The van der Waals surface area contributed by atoms with Gasteiger partial charge in [0.2, 0.25) is 0 Å². The summed E-state index contributed by atoms with van der Waals surface area (Å²) in [6, 6.07) is 5.98. The van der Waals surface area contributed by atoms with E-state index < -0.39 is 12.6 Å². The number of alkyl halides is 3. The zero-order valence-corrected chi connectivity index (χ0v) is 9.33. The first-order chi connectivity index (χ1) is 8.46. The van der Waals surface area contributed by atoms with Gasteiger partial charge in [0.15, 0.2) is 0 Å². The number of hydrogen-bond donors (Lipinski definition) is 0. The Kier molecular flexibility index (Phi) is 4.72. The van der Waals surface area contributed by atoms with E-state index in [9.17, 15) is 18.0 Å². The van der Waals surface area contributed by atoms with Crippen LogP contribution in [0.25, 0.3) is 0 Å². The zero-order chi connectivity index (χ0) is 13.6. The molecule has 0 bridgehead atoms. The topological polar surface area (TPSA) is 50.1 Å². The molecule has 0 heterocycles. The van der Waals surface area contributed by atoms with E-state index in [2.05, 4.69) is 0 Å². The summed E-state index contributed by atoms with van der Waals surface area (Å²) in [5.74, 6) is 0.185. The number of carbonyl (C=O) groups excluding carboxylic acids is 1. The lowest BCUT2D eigenvalue weighted by Gasteiger charge is -2.09. The quantitative estimate of drug-likeness (QED) is 0.601. The van der Waals surface area contributed by atoms with E-state index in [0.717, 1.165) is 0 Å². The average molecular weight is 257 g/mol. The van der Waals surface area contributed by atoms with Gasteiger partial charge in [0.05, 0.1) is 12.2 Å². The zero-order valence-electron chi connectivity index (χ0n) is 9.33. The van der Waals surface area contributed by atoms with E-state index in [0.29, 0.717) is 11.8 Å². The molecule has 0 saturated carbocycles. The third kappa shape index (κ3) is 4.45. The Hall–Kier alpha value is -2.03. The first-order valence-electron chi connectivity index (χ1n) is 5.15. The summed E-state index contributed by atoms with van der Waals surface area (Å²) >= 11 is 0. The molecular formula is C12H10F3NO2. The molecule has 0 saturated heterocycles. The van der Waals surface area contributed by atoms with Crippen molar-refractivity contribution in [2.45, 2.75) is 19.0 Å². The molecule has 1 rings (SSSR count). The molecule has 0 spiro atoms. The van der Waals surface area contributed by atoms with Gasteiger partial charge in [-0.25, -0.2) is 0 Å². The van der Waals surface area contributed by atoms with Crippen LogP contribution in [0.1, 0.15) is 28.8 Å². The summed E-state index contributed by atoms with van der Waals surface area (Å²) in [4.78, 5) is 10.5. The Morgan fingerprint density at radius 2 is 2.11 bits per heavy atom. The van der Waals surface area contributed by atoms with Gasteiger partial charge in [-0.05, 0) is 24.6 Å². The minimum Gasteiger partial charge on any atom is -0.492 e. The molecule has 0 fully saturated rings. The Morgan fingerprint density at radius 3 is 2.67 bits per heavy atom. The summed E-state index contributed by atoms with van der Waals surface area (Å²) in [6.45, 7) is -0.130. The van der Waals surface area contributed by atoms with Crippen LogP contribution < -0.4 is 4.74 Å². The van der Waals surface area contributed by atoms with E-state index in [-0.39, 0.29) is 24.3 Å². The fourth-order valence-corrected chi connectivity index (χ4v) is 1.29.